The molecule has 0 nitrogen and oxygen atoms in total. The molecular weight excluding hydrogens is 393 g/mol. The Labute approximate surface area is 72.4 Å². The average molecular weight is 398 g/mol. The predicted octanol–water partition coefficient (Wildman–Crippen LogP) is -0.863. The standard InChI is InChI=1S/H3P.H2Te.V.W/h1H3;1H2;;. The van der Waals surface area contributed by atoms with Crippen LogP contribution in [0.2, 0.25) is 0 Å². The van der Waals surface area contributed by atoms with E-state index in [1.807, 2.05) is 0 Å². The summed E-state index contributed by atoms with van der Waals surface area (Å²) < 4.78 is 0. The van der Waals surface area contributed by atoms with E-state index in [1.165, 1.54) is 0 Å². The van der Waals surface area contributed by atoms with Crippen LogP contribution in [0, 0.1) is 0 Å². The van der Waals surface area contributed by atoms with Crippen LogP contribution in [0.5, 0.6) is 0 Å². The van der Waals surface area contributed by atoms with Gasteiger partial charge in [-0.1, -0.05) is 0 Å². The van der Waals surface area contributed by atoms with E-state index in [4.69, 9.17) is 0 Å². The molecule has 0 rings (SSSR count). The van der Waals surface area contributed by atoms with Crippen LogP contribution in [0.15, 0.2) is 0 Å². The second-order valence-electron chi connectivity index (χ2n) is 0. The van der Waals surface area contributed by atoms with Gasteiger partial charge in [-0.15, -0.1) is 0 Å². The van der Waals surface area contributed by atoms with Crippen LogP contribution in [0.3, 0.4) is 0 Å². The normalized spacial score (nSPS) is 0. The molecule has 1 unspecified atom stereocenters. The van der Waals surface area contributed by atoms with Crippen LogP contribution in [0.1, 0.15) is 0 Å². The minimum Gasteiger partial charge on any atom is 0 e. The first kappa shape index (κ1) is 31.5. The molecule has 0 aromatic heterocycles. The molecule has 0 aromatic rings. The van der Waals surface area contributed by atoms with Crippen molar-refractivity contribution in [3.8, 4) is 0 Å². The van der Waals surface area contributed by atoms with E-state index < -0.39 is 0 Å². The third-order valence-electron chi connectivity index (χ3n) is 0. The van der Waals surface area contributed by atoms with E-state index in [0.29, 0.717) is 0 Å². The summed E-state index contributed by atoms with van der Waals surface area (Å²) in [6, 6.07) is 0. The zero-order valence-electron chi connectivity index (χ0n) is 2.06. The molecule has 0 heterocycles. The fraction of sp³-hybridized carbons (Fsp3) is 0. The molecule has 1 atom stereocenters. The first-order valence-electron chi connectivity index (χ1n) is 0. The Morgan fingerprint density at radius 1 is 1.00 bits per heavy atom. The Kier molecular flexibility index (Phi) is 141. The number of rotatable bonds is 0. The molecule has 0 spiro atoms. The maximum absolute atomic E-state index is 0. The summed E-state index contributed by atoms with van der Waals surface area (Å²) in [5.74, 6) is 0. The third-order valence-corrected chi connectivity index (χ3v) is 0. The molecule has 1 radical (unpaired) electrons. The Bertz CT molecular complexity index is 8.00. The van der Waals surface area contributed by atoms with Crippen LogP contribution in [-0.4, -0.2) is 23.7 Å². The van der Waals surface area contributed by atoms with E-state index in [-0.39, 0.29) is 73.2 Å². The zero-order chi connectivity index (χ0) is 0. The van der Waals surface area contributed by atoms with Crippen LogP contribution < -0.4 is 0 Å². The van der Waals surface area contributed by atoms with Crippen LogP contribution in [-0.2, 0) is 39.6 Å². The van der Waals surface area contributed by atoms with Crippen LogP contribution in [0.25, 0.3) is 0 Å². The number of hydrogen-bond acceptors (Lipinski definition) is 0. The van der Waals surface area contributed by atoms with Gasteiger partial charge in [-0.2, -0.15) is 9.90 Å². The summed E-state index contributed by atoms with van der Waals surface area (Å²) in [5, 5.41) is 0. The van der Waals surface area contributed by atoms with Gasteiger partial charge in [0.15, 0.2) is 0 Å². The van der Waals surface area contributed by atoms with Crippen molar-refractivity contribution in [1.29, 1.82) is 0 Å². The molecule has 27 valence electrons. The van der Waals surface area contributed by atoms with Gasteiger partial charge in [0.25, 0.3) is 0 Å². The SMILES string of the molecule is P.[TeH2].[V].[W]. The van der Waals surface area contributed by atoms with E-state index >= 15 is 0 Å². The molecule has 0 saturated carbocycles. The zero-order valence-corrected chi connectivity index (χ0v) is 10.7. The fourth-order valence-corrected chi connectivity index (χ4v) is 0. The van der Waals surface area contributed by atoms with E-state index in [1.54, 1.807) is 0 Å². The van der Waals surface area contributed by atoms with Gasteiger partial charge in [-0.25, -0.2) is 0 Å². The van der Waals surface area contributed by atoms with Crippen molar-refractivity contribution in [2.45, 2.75) is 0 Å². The molecule has 0 aromatic carbocycles. The van der Waals surface area contributed by atoms with Gasteiger partial charge in [0.1, 0.15) is 0 Å². The molecule has 0 bridgehead atoms. The molecule has 0 aliphatic heterocycles. The summed E-state index contributed by atoms with van der Waals surface area (Å²) in [7, 11) is 0. The molecule has 0 fully saturated rings. The van der Waals surface area contributed by atoms with E-state index in [2.05, 4.69) is 0 Å². The second-order valence-corrected chi connectivity index (χ2v) is 0. The molecule has 4 heavy (non-hydrogen) atoms. The minimum absolute atomic E-state index is 0. The first-order valence-corrected chi connectivity index (χ1v) is 0. The minimum atomic E-state index is 0. The Morgan fingerprint density at radius 3 is 1.00 bits per heavy atom. The average Bonchev–Trinajstić information content (AvgIpc) is 0. The maximum atomic E-state index is 0. The Balaban J connectivity index is 0. The van der Waals surface area contributed by atoms with Crippen molar-refractivity contribution in [2.75, 3.05) is 0 Å². The van der Waals surface area contributed by atoms with Crippen molar-refractivity contribution < 1.29 is 39.6 Å². The fourth-order valence-electron chi connectivity index (χ4n) is 0. The predicted molar refractivity (Wildman–Crippen MR) is 19.6 cm³/mol. The van der Waals surface area contributed by atoms with Crippen LogP contribution >= 0.6 is 9.90 Å². The van der Waals surface area contributed by atoms with E-state index in [9.17, 15) is 0 Å². The molecule has 0 N–H and O–H groups in total. The van der Waals surface area contributed by atoms with Gasteiger partial charge in [-0.3, -0.25) is 0 Å². The summed E-state index contributed by atoms with van der Waals surface area (Å²) in [5.41, 5.74) is 0. The topological polar surface area (TPSA) is 0 Å². The van der Waals surface area contributed by atoms with E-state index in [0.717, 1.165) is 0 Å². The van der Waals surface area contributed by atoms with Crippen molar-refractivity contribution >= 4 is 33.6 Å². The Hall–Kier alpha value is 2.49. The second kappa shape index (κ2) is 17.8. The van der Waals surface area contributed by atoms with Crippen molar-refractivity contribution in [3.05, 3.63) is 0 Å². The van der Waals surface area contributed by atoms with Gasteiger partial charge in [-0.05, 0) is 0 Å². The Morgan fingerprint density at radius 2 is 1.00 bits per heavy atom. The largest absolute Gasteiger partial charge is 0 e. The van der Waals surface area contributed by atoms with Gasteiger partial charge < -0.3 is 0 Å². The molecule has 0 amide bonds. The third kappa shape index (κ3) is 8.82. The summed E-state index contributed by atoms with van der Waals surface area (Å²) >= 11 is 0. The summed E-state index contributed by atoms with van der Waals surface area (Å²) in [6.45, 7) is 0. The molecular formula is H5PTeVW. The van der Waals surface area contributed by atoms with Crippen molar-refractivity contribution in [2.24, 2.45) is 0 Å². The first-order chi connectivity index (χ1) is 0. The summed E-state index contributed by atoms with van der Waals surface area (Å²) in [6.07, 6.45) is 0. The van der Waals surface area contributed by atoms with Gasteiger partial charge >= 0.3 is 23.7 Å². The molecule has 0 aliphatic rings. The molecule has 0 aliphatic carbocycles. The van der Waals surface area contributed by atoms with Gasteiger partial charge in [0, 0.05) is 39.6 Å². The number of hydrogen-bond donors (Lipinski definition) is 0. The maximum Gasteiger partial charge on any atom is 0 e. The van der Waals surface area contributed by atoms with Crippen molar-refractivity contribution in [3.63, 3.8) is 0 Å². The summed E-state index contributed by atoms with van der Waals surface area (Å²) in [4.78, 5) is 0. The molecule has 4 heteroatoms. The van der Waals surface area contributed by atoms with Crippen LogP contribution in [0.4, 0.5) is 0 Å². The quantitative estimate of drug-likeness (QED) is 0.368. The van der Waals surface area contributed by atoms with Gasteiger partial charge in [0.05, 0.1) is 0 Å². The van der Waals surface area contributed by atoms with Gasteiger partial charge in [0.2, 0.25) is 0 Å². The smallest absolute Gasteiger partial charge is 0 e. The monoisotopic (exact) mass is 401 g/mol. The van der Waals surface area contributed by atoms with Crippen molar-refractivity contribution in [1.82, 2.24) is 0 Å². The molecule has 0 saturated heterocycles.